The van der Waals surface area contributed by atoms with E-state index in [4.69, 9.17) is 5.73 Å². The predicted molar refractivity (Wildman–Crippen MR) is 65.1 cm³/mol. The van der Waals surface area contributed by atoms with Crippen LogP contribution in [0.3, 0.4) is 0 Å². The Balaban J connectivity index is 2.06. The summed E-state index contributed by atoms with van der Waals surface area (Å²) < 4.78 is 0. The second-order valence-electron chi connectivity index (χ2n) is 4.51. The zero-order valence-corrected chi connectivity index (χ0v) is 10.0. The molecule has 1 amide bonds. The Kier molecular flexibility index (Phi) is 3.71. The number of piperazine rings is 1. The molecule has 1 atom stereocenters. The van der Waals surface area contributed by atoms with Crippen LogP contribution in [0.2, 0.25) is 0 Å². The van der Waals surface area contributed by atoms with Crippen LogP contribution in [0.15, 0.2) is 24.5 Å². The minimum absolute atomic E-state index is 0.193. The first kappa shape index (κ1) is 12.0. The maximum Gasteiger partial charge on any atom is 0.236 e. The summed E-state index contributed by atoms with van der Waals surface area (Å²) in [6.45, 7) is 3.30. The number of carbonyl (C=O) groups excluding carboxylic acids is 1. The fraction of sp³-hybridized carbons (Fsp3) is 0.500. The SMILES string of the molecule is CN1CCN(Cc2ccncc2)C(C(N)=O)C1. The second-order valence-corrected chi connectivity index (χ2v) is 4.51. The summed E-state index contributed by atoms with van der Waals surface area (Å²) >= 11 is 0. The predicted octanol–water partition coefficient (Wildman–Crippen LogP) is -0.317. The van der Waals surface area contributed by atoms with Gasteiger partial charge in [0.25, 0.3) is 0 Å². The summed E-state index contributed by atoms with van der Waals surface area (Å²) in [5.41, 5.74) is 6.62. The summed E-state index contributed by atoms with van der Waals surface area (Å²) in [6.07, 6.45) is 3.54. The van der Waals surface area contributed by atoms with Crippen LogP contribution in [0.5, 0.6) is 0 Å². The summed E-state index contributed by atoms with van der Waals surface area (Å²) in [5, 5.41) is 0. The van der Waals surface area contributed by atoms with Crippen LogP contribution < -0.4 is 5.73 Å². The third-order valence-corrected chi connectivity index (χ3v) is 3.16. The lowest BCUT2D eigenvalue weighted by atomic mass is 10.1. The van der Waals surface area contributed by atoms with Gasteiger partial charge in [-0.3, -0.25) is 14.7 Å². The third-order valence-electron chi connectivity index (χ3n) is 3.16. The Bertz CT molecular complexity index is 381. The van der Waals surface area contributed by atoms with Gasteiger partial charge in [-0.05, 0) is 24.7 Å². The first-order valence-corrected chi connectivity index (χ1v) is 5.77. The lowest BCUT2D eigenvalue weighted by molar-refractivity contribution is -0.125. The minimum Gasteiger partial charge on any atom is -0.368 e. The molecule has 1 aliphatic rings. The molecule has 2 N–H and O–H groups in total. The molecule has 5 nitrogen and oxygen atoms in total. The molecule has 1 aromatic rings. The average Bonchev–Trinajstić information content (AvgIpc) is 2.32. The molecule has 2 rings (SSSR count). The maximum atomic E-state index is 11.4. The van der Waals surface area contributed by atoms with Crippen LogP contribution in [0.1, 0.15) is 5.56 Å². The van der Waals surface area contributed by atoms with Crippen molar-refractivity contribution in [3.63, 3.8) is 0 Å². The van der Waals surface area contributed by atoms with Crippen molar-refractivity contribution in [3.8, 4) is 0 Å². The van der Waals surface area contributed by atoms with Crippen molar-refractivity contribution >= 4 is 5.91 Å². The van der Waals surface area contributed by atoms with E-state index in [-0.39, 0.29) is 11.9 Å². The molecule has 0 aromatic carbocycles. The van der Waals surface area contributed by atoms with E-state index in [2.05, 4.69) is 14.8 Å². The molecule has 2 heterocycles. The summed E-state index contributed by atoms with van der Waals surface area (Å²) in [6, 6.07) is 3.74. The van der Waals surface area contributed by atoms with Gasteiger partial charge >= 0.3 is 0 Å². The number of hydrogen-bond donors (Lipinski definition) is 1. The fourth-order valence-electron chi connectivity index (χ4n) is 2.14. The van der Waals surface area contributed by atoms with Gasteiger partial charge in [-0.25, -0.2) is 0 Å². The van der Waals surface area contributed by atoms with E-state index in [0.717, 1.165) is 25.2 Å². The second kappa shape index (κ2) is 5.25. The highest BCUT2D eigenvalue weighted by Crippen LogP contribution is 2.12. The highest BCUT2D eigenvalue weighted by Gasteiger charge is 2.29. The van der Waals surface area contributed by atoms with Crippen LogP contribution in [-0.2, 0) is 11.3 Å². The maximum absolute atomic E-state index is 11.4. The van der Waals surface area contributed by atoms with Crippen molar-refractivity contribution in [3.05, 3.63) is 30.1 Å². The van der Waals surface area contributed by atoms with E-state index in [9.17, 15) is 4.79 Å². The first-order chi connectivity index (χ1) is 8.16. The zero-order chi connectivity index (χ0) is 12.3. The molecule has 1 fully saturated rings. The molecule has 1 saturated heterocycles. The van der Waals surface area contributed by atoms with Gasteiger partial charge < -0.3 is 10.6 Å². The summed E-state index contributed by atoms with van der Waals surface area (Å²) in [4.78, 5) is 19.7. The molecule has 1 aliphatic heterocycles. The molecule has 0 radical (unpaired) electrons. The molecule has 1 aromatic heterocycles. The van der Waals surface area contributed by atoms with E-state index in [1.807, 2.05) is 19.2 Å². The molecule has 0 aliphatic carbocycles. The van der Waals surface area contributed by atoms with E-state index >= 15 is 0 Å². The van der Waals surface area contributed by atoms with Crippen LogP contribution in [0.4, 0.5) is 0 Å². The number of amides is 1. The quantitative estimate of drug-likeness (QED) is 0.779. The molecule has 1 unspecified atom stereocenters. The standard InChI is InChI=1S/C12H18N4O/c1-15-6-7-16(11(9-15)12(13)17)8-10-2-4-14-5-3-10/h2-5,11H,6-9H2,1H3,(H2,13,17). The third kappa shape index (κ3) is 3.01. The summed E-state index contributed by atoms with van der Waals surface area (Å²) in [5.74, 6) is -0.245. The number of likely N-dealkylation sites (N-methyl/N-ethyl adjacent to an activating group) is 1. The Morgan fingerprint density at radius 1 is 1.47 bits per heavy atom. The smallest absolute Gasteiger partial charge is 0.236 e. The van der Waals surface area contributed by atoms with E-state index in [0.29, 0.717) is 6.54 Å². The normalized spacial score (nSPS) is 22.5. The van der Waals surface area contributed by atoms with Gasteiger partial charge in [0.05, 0.1) is 0 Å². The highest BCUT2D eigenvalue weighted by molar-refractivity contribution is 5.80. The van der Waals surface area contributed by atoms with Crippen molar-refractivity contribution < 1.29 is 4.79 Å². The van der Waals surface area contributed by atoms with Crippen LogP contribution in [0, 0.1) is 0 Å². The molecule has 0 bridgehead atoms. The van der Waals surface area contributed by atoms with Crippen molar-refractivity contribution in [2.75, 3.05) is 26.7 Å². The Labute approximate surface area is 101 Å². The van der Waals surface area contributed by atoms with Crippen molar-refractivity contribution in [2.45, 2.75) is 12.6 Å². The van der Waals surface area contributed by atoms with Gasteiger partial charge in [-0.1, -0.05) is 0 Å². The number of aromatic nitrogens is 1. The van der Waals surface area contributed by atoms with Gasteiger partial charge in [0, 0.05) is 38.6 Å². The van der Waals surface area contributed by atoms with Crippen molar-refractivity contribution in [2.24, 2.45) is 5.73 Å². The first-order valence-electron chi connectivity index (χ1n) is 5.77. The van der Waals surface area contributed by atoms with Crippen LogP contribution in [-0.4, -0.2) is 53.4 Å². The molecule has 17 heavy (non-hydrogen) atoms. The number of nitrogens with zero attached hydrogens (tertiary/aromatic N) is 3. The number of pyridine rings is 1. The molecule has 5 heteroatoms. The fourth-order valence-corrected chi connectivity index (χ4v) is 2.14. The number of carbonyl (C=O) groups is 1. The Hall–Kier alpha value is -1.46. The number of primary amides is 1. The van der Waals surface area contributed by atoms with E-state index in [1.54, 1.807) is 12.4 Å². The topological polar surface area (TPSA) is 62.5 Å². The Morgan fingerprint density at radius 2 is 2.18 bits per heavy atom. The van der Waals surface area contributed by atoms with Gasteiger partial charge in [-0.15, -0.1) is 0 Å². The van der Waals surface area contributed by atoms with Crippen LogP contribution >= 0.6 is 0 Å². The average molecular weight is 234 g/mol. The lowest BCUT2D eigenvalue weighted by Gasteiger charge is -2.38. The molecular weight excluding hydrogens is 216 g/mol. The summed E-state index contributed by atoms with van der Waals surface area (Å²) in [7, 11) is 2.01. The zero-order valence-electron chi connectivity index (χ0n) is 10.0. The van der Waals surface area contributed by atoms with Crippen molar-refractivity contribution in [1.29, 1.82) is 0 Å². The lowest BCUT2D eigenvalue weighted by Crippen LogP contribution is -2.56. The number of rotatable bonds is 3. The van der Waals surface area contributed by atoms with Crippen LogP contribution in [0.25, 0.3) is 0 Å². The molecular formula is C12H18N4O. The molecule has 0 spiro atoms. The van der Waals surface area contributed by atoms with Crippen molar-refractivity contribution in [1.82, 2.24) is 14.8 Å². The largest absolute Gasteiger partial charge is 0.368 e. The monoisotopic (exact) mass is 234 g/mol. The highest BCUT2D eigenvalue weighted by atomic mass is 16.1. The van der Waals surface area contributed by atoms with Gasteiger partial charge in [0.2, 0.25) is 5.91 Å². The number of nitrogens with two attached hydrogens (primary N) is 1. The Morgan fingerprint density at radius 3 is 2.82 bits per heavy atom. The van der Waals surface area contributed by atoms with Gasteiger partial charge in [0.15, 0.2) is 0 Å². The van der Waals surface area contributed by atoms with Gasteiger partial charge in [0.1, 0.15) is 6.04 Å². The molecule has 92 valence electrons. The molecule has 0 saturated carbocycles. The minimum atomic E-state index is -0.245. The van der Waals surface area contributed by atoms with Gasteiger partial charge in [-0.2, -0.15) is 0 Å². The van der Waals surface area contributed by atoms with E-state index in [1.165, 1.54) is 0 Å². The van der Waals surface area contributed by atoms with E-state index < -0.39 is 0 Å². The number of hydrogen-bond acceptors (Lipinski definition) is 4.